The second-order valence-electron chi connectivity index (χ2n) is 5.22. The molecule has 114 valence electrons. The zero-order valence-electron chi connectivity index (χ0n) is 12.8. The molecule has 0 saturated carbocycles. The fourth-order valence-corrected chi connectivity index (χ4v) is 2.81. The predicted molar refractivity (Wildman–Crippen MR) is 87.5 cm³/mol. The number of carbonyl (C=O) groups is 1. The van der Waals surface area contributed by atoms with Gasteiger partial charge in [0, 0.05) is 18.8 Å². The molecule has 1 aromatic heterocycles. The van der Waals surface area contributed by atoms with Crippen molar-refractivity contribution in [2.24, 2.45) is 0 Å². The Hall–Kier alpha value is -2.63. The maximum Gasteiger partial charge on any atom is 0.262 e. The molecule has 2 aromatic rings. The summed E-state index contributed by atoms with van der Waals surface area (Å²) in [6.45, 7) is 5.37. The zero-order chi connectivity index (χ0) is 15.7. The Bertz CT molecular complexity index is 715. The molecule has 0 radical (unpaired) electrons. The Morgan fingerprint density at radius 2 is 1.95 bits per heavy atom. The summed E-state index contributed by atoms with van der Waals surface area (Å²) >= 11 is 0. The molecule has 0 unspecified atom stereocenters. The first-order chi connectivity index (χ1) is 10.7. The second kappa shape index (κ2) is 5.63. The van der Waals surface area contributed by atoms with Gasteiger partial charge in [0.05, 0.1) is 23.1 Å². The molecule has 3 rings (SSSR count). The van der Waals surface area contributed by atoms with Crippen molar-refractivity contribution in [3.05, 3.63) is 36.0 Å². The van der Waals surface area contributed by atoms with E-state index in [9.17, 15) is 4.79 Å². The average molecular weight is 297 g/mol. The first kappa shape index (κ1) is 14.3. The lowest BCUT2D eigenvalue weighted by molar-refractivity contribution is 0.0989. The standard InChI is InChI=1S/C16H19N5O/c1-3-9-21-13-6-5-11(17)10-14(13)20(4-2)16(22)12-7-8-18-19-15(12)21/h5-8,10H,3-4,9,17H2,1-2H3. The van der Waals surface area contributed by atoms with Crippen LogP contribution in [0.25, 0.3) is 0 Å². The summed E-state index contributed by atoms with van der Waals surface area (Å²) in [6.07, 6.45) is 2.49. The lowest BCUT2D eigenvalue weighted by atomic mass is 10.2. The number of fused-ring (bicyclic) bond motifs is 2. The molecular weight excluding hydrogens is 278 g/mol. The van der Waals surface area contributed by atoms with E-state index in [1.165, 1.54) is 0 Å². The van der Waals surface area contributed by atoms with Crippen LogP contribution in [0, 0.1) is 0 Å². The van der Waals surface area contributed by atoms with Crippen LogP contribution in [0.1, 0.15) is 30.6 Å². The molecule has 0 atom stereocenters. The summed E-state index contributed by atoms with van der Waals surface area (Å²) in [6, 6.07) is 7.37. The molecule has 2 N–H and O–H groups in total. The number of aromatic nitrogens is 2. The highest BCUT2D eigenvalue weighted by atomic mass is 16.2. The highest BCUT2D eigenvalue weighted by Gasteiger charge is 2.31. The third kappa shape index (κ3) is 2.16. The van der Waals surface area contributed by atoms with E-state index in [4.69, 9.17) is 5.73 Å². The third-order valence-corrected chi connectivity index (χ3v) is 3.78. The van der Waals surface area contributed by atoms with Gasteiger partial charge in [-0.2, -0.15) is 5.10 Å². The maximum absolute atomic E-state index is 12.9. The van der Waals surface area contributed by atoms with Crippen LogP contribution >= 0.6 is 0 Å². The van der Waals surface area contributed by atoms with E-state index in [1.807, 2.05) is 30.0 Å². The van der Waals surface area contributed by atoms with Crippen LogP contribution in [0.15, 0.2) is 30.5 Å². The fourth-order valence-electron chi connectivity index (χ4n) is 2.81. The van der Waals surface area contributed by atoms with Crippen molar-refractivity contribution >= 4 is 28.8 Å². The molecule has 1 aliphatic heterocycles. The van der Waals surface area contributed by atoms with Gasteiger partial charge >= 0.3 is 0 Å². The van der Waals surface area contributed by atoms with Crippen LogP contribution in [-0.4, -0.2) is 29.2 Å². The Morgan fingerprint density at radius 1 is 1.14 bits per heavy atom. The Balaban J connectivity index is 2.29. The molecule has 6 nitrogen and oxygen atoms in total. The summed E-state index contributed by atoms with van der Waals surface area (Å²) in [5, 5.41) is 8.18. The molecular formula is C16H19N5O. The summed E-state index contributed by atoms with van der Waals surface area (Å²) in [7, 11) is 0. The number of nitrogen functional groups attached to an aromatic ring is 1. The molecule has 1 aliphatic rings. The van der Waals surface area contributed by atoms with Gasteiger partial charge in [0.1, 0.15) is 0 Å². The summed E-state index contributed by atoms with van der Waals surface area (Å²) in [4.78, 5) is 16.7. The van der Waals surface area contributed by atoms with Gasteiger partial charge in [0.15, 0.2) is 5.82 Å². The molecule has 0 bridgehead atoms. The Kier molecular flexibility index (Phi) is 3.66. The Morgan fingerprint density at radius 3 is 2.68 bits per heavy atom. The van der Waals surface area contributed by atoms with Crippen LogP contribution in [0.3, 0.4) is 0 Å². The molecule has 22 heavy (non-hydrogen) atoms. The van der Waals surface area contributed by atoms with Crippen LogP contribution in [0.5, 0.6) is 0 Å². The monoisotopic (exact) mass is 297 g/mol. The van der Waals surface area contributed by atoms with Crippen LogP contribution in [-0.2, 0) is 0 Å². The summed E-state index contributed by atoms with van der Waals surface area (Å²) in [5.41, 5.74) is 8.90. The van der Waals surface area contributed by atoms with E-state index in [0.29, 0.717) is 23.6 Å². The normalized spacial score (nSPS) is 13.6. The molecule has 6 heteroatoms. The highest BCUT2D eigenvalue weighted by molar-refractivity contribution is 6.13. The highest BCUT2D eigenvalue weighted by Crippen LogP contribution is 2.40. The molecule has 0 fully saturated rings. The zero-order valence-corrected chi connectivity index (χ0v) is 12.8. The van der Waals surface area contributed by atoms with Crippen LogP contribution in [0.2, 0.25) is 0 Å². The minimum absolute atomic E-state index is 0.0714. The quantitative estimate of drug-likeness (QED) is 0.881. The topological polar surface area (TPSA) is 75.3 Å². The van der Waals surface area contributed by atoms with E-state index in [1.54, 1.807) is 17.2 Å². The second-order valence-corrected chi connectivity index (χ2v) is 5.22. The minimum Gasteiger partial charge on any atom is -0.399 e. The largest absolute Gasteiger partial charge is 0.399 e. The van der Waals surface area contributed by atoms with E-state index in [-0.39, 0.29) is 5.91 Å². The lowest BCUT2D eigenvalue weighted by Crippen LogP contribution is -2.30. The van der Waals surface area contributed by atoms with E-state index in [0.717, 1.165) is 24.3 Å². The van der Waals surface area contributed by atoms with Crippen molar-refractivity contribution in [3.8, 4) is 0 Å². The predicted octanol–water partition coefficient (Wildman–Crippen LogP) is 2.59. The molecule has 0 spiro atoms. The van der Waals surface area contributed by atoms with Crippen LogP contribution < -0.4 is 15.5 Å². The fraction of sp³-hybridized carbons (Fsp3) is 0.312. The first-order valence-electron chi connectivity index (χ1n) is 7.48. The van der Waals surface area contributed by atoms with Gasteiger partial charge in [-0.05, 0) is 37.6 Å². The van der Waals surface area contributed by atoms with Crippen molar-refractivity contribution in [2.45, 2.75) is 20.3 Å². The number of hydrogen-bond acceptors (Lipinski definition) is 5. The average Bonchev–Trinajstić information content (AvgIpc) is 2.62. The minimum atomic E-state index is -0.0714. The number of hydrogen-bond donors (Lipinski definition) is 1. The van der Waals surface area contributed by atoms with Gasteiger partial charge < -0.3 is 15.5 Å². The van der Waals surface area contributed by atoms with E-state index >= 15 is 0 Å². The maximum atomic E-state index is 12.9. The number of anilines is 4. The summed E-state index contributed by atoms with van der Waals surface area (Å²) < 4.78 is 0. The number of benzene rings is 1. The molecule has 0 aliphatic carbocycles. The van der Waals surface area contributed by atoms with E-state index < -0.39 is 0 Å². The number of amides is 1. The summed E-state index contributed by atoms with van der Waals surface area (Å²) in [5.74, 6) is 0.536. The number of rotatable bonds is 3. The van der Waals surface area contributed by atoms with Gasteiger partial charge in [0.25, 0.3) is 5.91 Å². The van der Waals surface area contributed by atoms with Crippen molar-refractivity contribution in [3.63, 3.8) is 0 Å². The van der Waals surface area contributed by atoms with Crippen molar-refractivity contribution in [2.75, 3.05) is 28.6 Å². The van der Waals surface area contributed by atoms with Gasteiger partial charge in [-0.15, -0.1) is 5.10 Å². The SMILES string of the molecule is CCCN1c2ccc(N)cc2N(CC)C(=O)c2ccnnc21. The van der Waals surface area contributed by atoms with Gasteiger partial charge in [-0.3, -0.25) is 4.79 Å². The molecule has 2 heterocycles. The van der Waals surface area contributed by atoms with Gasteiger partial charge in [-0.25, -0.2) is 0 Å². The van der Waals surface area contributed by atoms with Gasteiger partial charge in [0.2, 0.25) is 0 Å². The lowest BCUT2D eigenvalue weighted by Gasteiger charge is -2.26. The van der Waals surface area contributed by atoms with Crippen molar-refractivity contribution < 1.29 is 4.79 Å². The molecule has 0 saturated heterocycles. The Labute approximate surface area is 129 Å². The van der Waals surface area contributed by atoms with E-state index in [2.05, 4.69) is 17.1 Å². The molecule has 1 aromatic carbocycles. The number of nitrogens with two attached hydrogens (primary N) is 1. The smallest absolute Gasteiger partial charge is 0.262 e. The van der Waals surface area contributed by atoms with Crippen molar-refractivity contribution in [1.82, 2.24) is 10.2 Å². The molecule has 1 amide bonds. The van der Waals surface area contributed by atoms with Crippen molar-refractivity contribution in [1.29, 1.82) is 0 Å². The number of carbonyl (C=O) groups excluding carboxylic acids is 1. The number of nitrogens with zero attached hydrogens (tertiary/aromatic N) is 4. The van der Waals surface area contributed by atoms with Crippen LogP contribution in [0.4, 0.5) is 22.9 Å². The van der Waals surface area contributed by atoms with Gasteiger partial charge in [-0.1, -0.05) is 6.92 Å². The first-order valence-corrected chi connectivity index (χ1v) is 7.48. The third-order valence-electron chi connectivity index (χ3n) is 3.78.